The van der Waals surface area contributed by atoms with Gasteiger partial charge in [0.2, 0.25) is 11.8 Å². The van der Waals surface area contributed by atoms with E-state index in [-0.39, 0.29) is 17.7 Å². The van der Waals surface area contributed by atoms with Crippen molar-refractivity contribution in [3.05, 3.63) is 70.2 Å². The van der Waals surface area contributed by atoms with Crippen molar-refractivity contribution in [1.82, 2.24) is 4.90 Å². The van der Waals surface area contributed by atoms with Crippen LogP contribution in [0.4, 0.5) is 5.69 Å². The molecule has 0 aromatic heterocycles. The van der Waals surface area contributed by atoms with E-state index in [1.54, 1.807) is 6.08 Å². The van der Waals surface area contributed by atoms with E-state index >= 15 is 0 Å². The molecule has 27 heavy (non-hydrogen) atoms. The second-order valence-corrected chi connectivity index (χ2v) is 7.67. The lowest BCUT2D eigenvalue weighted by molar-refractivity contribution is -0.130. The van der Waals surface area contributed by atoms with E-state index in [9.17, 15) is 9.59 Å². The van der Waals surface area contributed by atoms with Crippen molar-refractivity contribution in [2.75, 3.05) is 18.4 Å². The highest BCUT2D eigenvalue weighted by atomic mass is 79.9. The molecule has 2 aromatic carbocycles. The largest absolute Gasteiger partial charge is 0.339 e. The van der Waals surface area contributed by atoms with E-state index in [1.165, 1.54) is 0 Å². The highest BCUT2D eigenvalue weighted by Crippen LogP contribution is 2.26. The molecule has 1 aliphatic rings. The molecule has 0 radical (unpaired) electrons. The number of aryl methyl sites for hydroxylation is 1. The lowest BCUT2D eigenvalue weighted by Gasteiger charge is -2.30. The number of amides is 2. The molecule has 1 fully saturated rings. The Balaban J connectivity index is 1.51. The molecule has 4 nitrogen and oxygen atoms in total. The lowest BCUT2D eigenvalue weighted by atomic mass is 9.95. The smallest absolute Gasteiger partial charge is 0.246 e. The standard InChI is InChI=1S/C22H23BrN2O2/c1-16-7-9-20(19(23)15-16)24-22(27)18-11-13-25(14-12-18)21(26)10-8-17-5-3-2-4-6-17/h2-10,15,18H,11-14H2,1H3,(H,24,27). The molecule has 1 saturated heterocycles. The molecular formula is C22H23BrN2O2. The van der Waals surface area contributed by atoms with Crippen LogP contribution in [0, 0.1) is 12.8 Å². The molecule has 3 rings (SSSR count). The lowest BCUT2D eigenvalue weighted by Crippen LogP contribution is -2.40. The number of likely N-dealkylation sites (tertiary alicyclic amines) is 1. The van der Waals surface area contributed by atoms with Gasteiger partial charge in [-0.3, -0.25) is 9.59 Å². The number of hydrogen-bond acceptors (Lipinski definition) is 2. The number of halogens is 1. The van der Waals surface area contributed by atoms with Gasteiger partial charge in [-0.05, 0) is 65.0 Å². The molecule has 1 heterocycles. The highest BCUT2D eigenvalue weighted by Gasteiger charge is 2.26. The number of rotatable bonds is 4. The van der Waals surface area contributed by atoms with Gasteiger partial charge in [-0.25, -0.2) is 0 Å². The summed E-state index contributed by atoms with van der Waals surface area (Å²) in [5.41, 5.74) is 2.92. The zero-order chi connectivity index (χ0) is 19.2. The van der Waals surface area contributed by atoms with Crippen LogP contribution in [0.3, 0.4) is 0 Å². The van der Waals surface area contributed by atoms with Crippen LogP contribution in [0.5, 0.6) is 0 Å². The van der Waals surface area contributed by atoms with Crippen LogP contribution in [0.2, 0.25) is 0 Å². The first kappa shape index (κ1) is 19.4. The van der Waals surface area contributed by atoms with Gasteiger partial charge in [0.25, 0.3) is 0 Å². The Labute approximate surface area is 168 Å². The number of hydrogen-bond donors (Lipinski definition) is 1. The van der Waals surface area contributed by atoms with E-state index in [0.717, 1.165) is 21.3 Å². The molecule has 0 atom stereocenters. The number of carbonyl (C=O) groups is 2. The third-order valence-corrected chi connectivity index (χ3v) is 5.43. The number of nitrogens with zero attached hydrogens (tertiary/aromatic N) is 1. The molecule has 0 aliphatic carbocycles. The maximum atomic E-state index is 12.5. The van der Waals surface area contributed by atoms with Crippen LogP contribution < -0.4 is 5.32 Å². The summed E-state index contributed by atoms with van der Waals surface area (Å²) in [5, 5.41) is 2.99. The molecule has 5 heteroatoms. The molecule has 2 amide bonds. The second kappa shape index (κ2) is 9.00. The molecule has 1 aliphatic heterocycles. The number of nitrogens with one attached hydrogen (secondary N) is 1. The Morgan fingerprint density at radius 1 is 1.11 bits per heavy atom. The quantitative estimate of drug-likeness (QED) is 0.723. The van der Waals surface area contributed by atoms with Crippen LogP contribution >= 0.6 is 15.9 Å². The Hall–Kier alpha value is -2.40. The molecule has 0 bridgehead atoms. The number of piperidine rings is 1. The van der Waals surface area contributed by atoms with Crippen molar-refractivity contribution >= 4 is 39.5 Å². The van der Waals surface area contributed by atoms with Gasteiger partial charge in [0, 0.05) is 29.6 Å². The zero-order valence-corrected chi connectivity index (χ0v) is 16.9. The van der Waals surface area contributed by atoms with Gasteiger partial charge in [-0.15, -0.1) is 0 Å². The first-order valence-corrected chi connectivity index (χ1v) is 9.91. The highest BCUT2D eigenvalue weighted by molar-refractivity contribution is 9.10. The van der Waals surface area contributed by atoms with Gasteiger partial charge in [0.1, 0.15) is 0 Å². The van der Waals surface area contributed by atoms with Crippen LogP contribution in [-0.4, -0.2) is 29.8 Å². The Morgan fingerprint density at radius 3 is 2.48 bits per heavy atom. The van der Waals surface area contributed by atoms with Crippen LogP contribution in [0.15, 0.2) is 59.1 Å². The topological polar surface area (TPSA) is 49.4 Å². The van der Waals surface area contributed by atoms with Gasteiger partial charge < -0.3 is 10.2 Å². The Bertz CT molecular complexity index is 841. The second-order valence-electron chi connectivity index (χ2n) is 6.82. The third kappa shape index (κ3) is 5.30. The predicted octanol–water partition coefficient (Wildman–Crippen LogP) is 4.65. The van der Waals surface area contributed by atoms with Gasteiger partial charge in [-0.1, -0.05) is 36.4 Å². The number of benzene rings is 2. The van der Waals surface area contributed by atoms with Crippen molar-refractivity contribution in [2.24, 2.45) is 5.92 Å². The van der Waals surface area contributed by atoms with Crippen molar-refractivity contribution in [2.45, 2.75) is 19.8 Å². The minimum absolute atomic E-state index is 0.000935. The zero-order valence-electron chi connectivity index (χ0n) is 15.3. The fraction of sp³-hybridized carbons (Fsp3) is 0.273. The molecule has 0 unspecified atom stereocenters. The van der Waals surface area contributed by atoms with Crippen molar-refractivity contribution in [3.63, 3.8) is 0 Å². The maximum Gasteiger partial charge on any atom is 0.246 e. The van der Waals surface area contributed by atoms with Gasteiger partial charge in [0.15, 0.2) is 0 Å². The molecule has 0 spiro atoms. The maximum absolute atomic E-state index is 12.5. The van der Waals surface area contributed by atoms with Gasteiger partial charge in [-0.2, -0.15) is 0 Å². The average molecular weight is 427 g/mol. The fourth-order valence-corrected chi connectivity index (χ4v) is 3.75. The van der Waals surface area contributed by atoms with E-state index in [4.69, 9.17) is 0 Å². The van der Waals surface area contributed by atoms with Gasteiger partial charge in [0.05, 0.1) is 5.69 Å². The monoisotopic (exact) mass is 426 g/mol. The van der Waals surface area contributed by atoms with Crippen molar-refractivity contribution < 1.29 is 9.59 Å². The summed E-state index contributed by atoms with van der Waals surface area (Å²) < 4.78 is 0.884. The SMILES string of the molecule is Cc1ccc(NC(=O)C2CCN(C(=O)C=Cc3ccccc3)CC2)c(Br)c1. The van der Waals surface area contributed by atoms with E-state index < -0.39 is 0 Å². The molecule has 140 valence electrons. The molecule has 0 saturated carbocycles. The normalized spacial score (nSPS) is 15.1. The third-order valence-electron chi connectivity index (χ3n) is 4.78. The van der Waals surface area contributed by atoms with E-state index in [1.807, 2.05) is 66.4 Å². The number of carbonyl (C=O) groups excluding carboxylic acids is 2. The minimum atomic E-state index is -0.0691. The summed E-state index contributed by atoms with van der Waals surface area (Å²) in [7, 11) is 0. The van der Waals surface area contributed by atoms with E-state index in [0.29, 0.717) is 25.9 Å². The average Bonchev–Trinajstić information content (AvgIpc) is 2.69. The predicted molar refractivity (Wildman–Crippen MR) is 112 cm³/mol. The molecule has 2 aromatic rings. The summed E-state index contributed by atoms with van der Waals surface area (Å²) >= 11 is 3.49. The summed E-state index contributed by atoms with van der Waals surface area (Å²) in [6.07, 6.45) is 4.80. The first-order valence-electron chi connectivity index (χ1n) is 9.12. The van der Waals surface area contributed by atoms with Gasteiger partial charge >= 0.3 is 0 Å². The Kier molecular flexibility index (Phi) is 6.45. The minimum Gasteiger partial charge on any atom is -0.339 e. The van der Waals surface area contributed by atoms with Crippen molar-refractivity contribution in [3.8, 4) is 0 Å². The summed E-state index contributed by atoms with van der Waals surface area (Å²) in [6.45, 7) is 3.21. The number of anilines is 1. The molecular weight excluding hydrogens is 404 g/mol. The summed E-state index contributed by atoms with van der Waals surface area (Å²) in [5.74, 6) is -0.0502. The van der Waals surface area contributed by atoms with E-state index in [2.05, 4.69) is 21.2 Å². The van der Waals surface area contributed by atoms with Crippen LogP contribution in [0.1, 0.15) is 24.0 Å². The van der Waals surface area contributed by atoms with Crippen LogP contribution in [0.25, 0.3) is 6.08 Å². The Morgan fingerprint density at radius 2 is 1.81 bits per heavy atom. The van der Waals surface area contributed by atoms with Crippen molar-refractivity contribution in [1.29, 1.82) is 0 Å². The summed E-state index contributed by atoms with van der Waals surface area (Å²) in [4.78, 5) is 26.7. The fourth-order valence-electron chi connectivity index (χ4n) is 3.16. The van der Waals surface area contributed by atoms with Crippen LogP contribution in [-0.2, 0) is 9.59 Å². The first-order chi connectivity index (χ1) is 13.0. The summed E-state index contributed by atoms with van der Waals surface area (Å²) in [6, 6.07) is 15.6. The molecule has 1 N–H and O–H groups in total.